The molecule has 2 rings (SSSR count). The Kier molecular flexibility index (Phi) is 4.71. The van der Waals surface area contributed by atoms with Crippen LogP contribution in [-0.2, 0) is 16.0 Å². The van der Waals surface area contributed by atoms with Gasteiger partial charge in [-0.3, -0.25) is 9.59 Å². The van der Waals surface area contributed by atoms with Crippen molar-refractivity contribution in [1.82, 2.24) is 5.32 Å². The normalized spacial score (nSPS) is 22.2. The number of amides is 1. The van der Waals surface area contributed by atoms with Gasteiger partial charge in [0.05, 0.1) is 12.3 Å². The van der Waals surface area contributed by atoms with Crippen molar-refractivity contribution in [3.63, 3.8) is 0 Å². The summed E-state index contributed by atoms with van der Waals surface area (Å²) in [6, 6.07) is 5.84. The van der Waals surface area contributed by atoms with Crippen molar-refractivity contribution < 1.29 is 19.1 Å². The first-order chi connectivity index (χ1) is 9.54. The second-order valence-electron chi connectivity index (χ2n) is 5.27. The number of hydrogen-bond donors (Lipinski definition) is 2. The van der Waals surface area contributed by atoms with Crippen LogP contribution in [0.3, 0.4) is 0 Å². The van der Waals surface area contributed by atoms with Crippen LogP contribution in [0.2, 0.25) is 0 Å². The fourth-order valence-electron chi connectivity index (χ4n) is 2.66. The van der Waals surface area contributed by atoms with E-state index >= 15 is 0 Å². The maximum absolute atomic E-state index is 13.0. The second-order valence-corrected chi connectivity index (χ2v) is 5.27. The van der Waals surface area contributed by atoms with E-state index in [9.17, 15) is 14.0 Å². The topological polar surface area (TPSA) is 66.4 Å². The Morgan fingerprint density at radius 3 is 2.85 bits per heavy atom. The summed E-state index contributed by atoms with van der Waals surface area (Å²) in [5.41, 5.74) is 0.619. The van der Waals surface area contributed by atoms with Gasteiger partial charge in [0.2, 0.25) is 5.91 Å². The van der Waals surface area contributed by atoms with Crippen LogP contribution in [0.25, 0.3) is 0 Å². The van der Waals surface area contributed by atoms with Gasteiger partial charge in [-0.05, 0) is 37.0 Å². The monoisotopic (exact) mass is 279 g/mol. The predicted octanol–water partition coefficient (Wildman–Crippen LogP) is 2.13. The van der Waals surface area contributed by atoms with Crippen LogP contribution < -0.4 is 5.32 Å². The Balaban J connectivity index is 1.86. The minimum absolute atomic E-state index is 0.0918. The van der Waals surface area contributed by atoms with Gasteiger partial charge < -0.3 is 10.4 Å². The molecular formula is C15H18FNO3. The van der Waals surface area contributed by atoms with E-state index in [0.717, 1.165) is 12.8 Å². The molecule has 0 heterocycles. The van der Waals surface area contributed by atoms with E-state index in [-0.39, 0.29) is 30.1 Å². The Morgan fingerprint density at radius 1 is 1.35 bits per heavy atom. The van der Waals surface area contributed by atoms with Gasteiger partial charge in [-0.2, -0.15) is 0 Å². The van der Waals surface area contributed by atoms with E-state index in [1.54, 1.807) is 12.1 Å². The summed E-state index contributed by atoms with van der Waals surface area (Å²) in [5.74, 6) is -1.72. The fourth-order valence-corrected chi connectivity index (χ4v) is 2.66. The van der Waals surface area contributed by atoms with Crippen LogP contribution in [0.1, 0.15) is 31.2 Å². The Bertz CT molecular complexity index is 504. The molecule has 20 heavy (non-hydrogen) atoms. The van der Waals surface area contributed by atoms with Crippen LogP contribution >= 0.6 is 0 Å². The molecule has 0 spiro atoms. The quantitative estimate of drug-likeness (QED) is 0.887. The molecule has 1 aromatic carbocycles. The molecule has 1 saturated carbocycles. The molecule has 1 aliphatic carbocycles. The minimum atomic E-state index is -0.797. The maximum Gasteiger partial charge on any atom is 0.306 e. The zero-order valence-electron chi connectivity index (χ0n) is 11.1. The van der Waals surface area contributed by atoms with Gasteiger partial charge in [0.1, 0.15) is 5.82 Å². The van der Waals surface area contributed by atoms with Gasteiger partial charge in [0.25, 0.3) is 0 Å². The largest absolute Gasteiger partial charge is 0.481 e. The zero-order chi connectivity index (χ0) is 14.5. The number of halogens is 1. The van der Waals surface area contributed by atoms with Crippen molar-refractivity contribution in [3.05, 3.63) is 35.6 Å². The molecule has 0 aromatic heterocycles. The average molecular weight is 279 g/mol. The molecule has 0 radical (unpaired) electrons. The molecular weight excluding hydrogens is 261 g/mol. The Labute approximate surface area is 117 Å². The Hall–Kier alpha value is -1.91. The lowest BCUT2D eigenvalue weighted by Crippen LogP contribution is -2.40. The third-order valence-corrected chi connectivity index (χ3v) is 3.64. The summed E-state index contributed by atoms with van der Waals surface area (Å²) in [6.07, 6.45) is 2.88. The van der Waals surface area contributed by atoms with Crippen molar-refractivity contribution >= 4 is 11.9 Å². The summed E-state index contributed by atoms with van der Waals surface area (Å²) in [7, 11) is 0. The highest BCUT2D eigenvalue weighted by atomic mass is 19.1. The molecule has 0 bridgehead atoms. The summed E-state index contributed by atoms with van der Waals surface area (Å²) >= 11 is 0. The van der Waals surface area contributed by atoms with Gasteiger partial charge in [-0.1, -0.05) is 18.6 Å². The third kappa shape index (κ3) is 4.05. The molecule has 2 N–H and O–H groups in total. The Morgan fingerprint density at radius 2 is 2.15 bits per heavy atom. The predicted molar refractivity (Wildman–Crippen MR) is 71.6 cm³/mol. The molecule has 2 unspecified atom stereocenters. The van der Waals surface area contributed by atoms with Crippen molar-refractivity contribution in [1.29, 1.82) is 0 Å². The summed E-state index contributed by atoms with van der Waals surface area (Å²) in [4.78, 5) is 22.8. The highest BCUT2D eigenvalue weighted by Crippen LogP contribution is 2.24. The molecule has 5 heteroatoms. The molecule has 4 nitrogen and oxygen atoms in total. The highest BCUT2D eigenvalue weighted by molar-refractivity contribution is 5.79. The van der Waals surface area contributed by atoms with Gasteiger partial charge in [-0.25, -0.2) is 4.39 Å². The van der Waals surface area contributed by atoms with E-state index in [4.69, 9.17) is 5.11 Å². The van der Waals surface area contributed by atoms with Gasteiger partial charge in [-0.15, -0.1) is 0 Å². The molecule has 0 aliphatic heterocycles. The summed E-state index contributed by atoms with van der Waals surface area (Å²) in [6.45, 7) is 0. The van der Waals surface area contributed by atoms with Crippen molar-refractivity contribution in [2.45, 2.75) is 38.1 Å². The smallest absolute Gasteiger partial charge is 0.306 e. The van der Waals surface area contributed by atoms with Gasteiger partial charge in [0.15, 0.2) is 0 Å². The summed E-state index contributed by atoms with van der Waals surface area (Å²) < 4.78 is 13.0. The number of benzene rings is 1. The van der Waals surface area contributed by atoms with Crippen LogP contribution in [0.5, 0.6) is 0 Å². The lowest BCUT2D eigenvalue weighted by molar-refractivity contribution is -0.143. The van der Waals surface area contributed by atoms with Crippen LogP contribution in [0.4, 0.5) is 4.39 Å². The van der Waals surface area contributed by atoms with Crippen LogP contribution in [-0.4, -0.2) is 23.0 Å². The number of carboxylic acid groups (broad SMARTS) is 1. The third-order valence-electron chi connectivity index (χ3n) is 3.64. The van der Waals surface area contributed by atoms with Crippen molar-refractivity contribution in [2.24, 2.45) is 5.92 Å². The number of hydrogen-bond acceptors (Lipinski definition) is 2. The van der Waals surface area contributed by atoms with E-state index in [0.29, 0.717) is 18.4 Å². The zero-order valence-corrected chi connectivity index (χ0v) is 11.1. The highest BCUT2D eigenvalue weighted by Gasteiger charge is 2.27. The maximum atomic E-state index is 13.0. The molecule has 1 aromatic rings. The minimum Gasteiger partial charge on any atom is -0.481 e. The molecule has 0 saturated heterocycles. The first-order valence-corrected chi connectivity index (χ1v) is 6.81. The second kappa shape index (κ2) is 6.50. The fraction of sp³-hybridized carbons (Fsp3) is 0.467. The van der Waals surface area contributed by atoms with Crippen LogP contribution in [0.15, 0.2) is 24.3 Å². The molecule has 1 aliphatic rings. The van der Waals surface area contributed by atoms with Gasteiger partial charge >= 0.3 is 5.97 Å². The lowest BCUT2D eigenvalue weighted by Gasteiger charge is -2.27. The SMILES string of the molecule is O=C(Cc1cccc(F)c1)NC1CCCC(C(=O)O)C1. The number of carboxylic acids is 1. The number of carbonyl (C=O) groups excluding carboxylic acids is 1. The number of rotatable bonds is 4. The lowest BCUT2D eigenvalue weighted by atomic mass is 9.85. The van der Waals surface area contributed by atoms with E-state index in [2.05, 4.69) is 5.32 Å². The standard InChI is InChI=1S/C15H18FNO3/c16-12-5-1-3-10(7-12)8-14(18)17-13-6-2-4-11(9-13)15(19)20/h1,3,5,7,11,13H,2,4,6,8-9H2,(H,17,18)(H,19,20). The molecule has 2 atom stereocenters. The number of aliphatic carboxylic acids is 1. The first kappa shape index (κ1) is 14.5. The van der Waals surface area contributed by atoms with E-state index in [1.165, 1.54) is 12.1 Å². The number of nitrogens with one attached hydrogen (secondary N) is 1. The van der Waals surface area contributed by atoms with Crippen molar-refractivity contribution in [2.75, 3.05) is 0 Å². The first-order valence-electron chi connectivity index (χ1n) is 6.81. The van der Waals surface area contributed by atoms with Crippen LogP contribution in [0, 0.1) is 11.7 Å². The summed E-state index contributed by atoms with van der Waals surface area (Å²) in [5, 5.41) is 11.8. The molecule has 1 fully saturated rings. The molecule has 1 amide bonds. The average Bonchev–Trinajstić information content (AvgIpc) is 2.38. The van der Waals surface area contributed by atoms with E-state index in [1.807, 2.05) is 0 Å². The van der Waals surface area contributed by atoms with Gasteiger partial charge in [0, 0.05) is 6.04 Å². The van der Waals surface area contributed by atoms with Crippen molar-refractivity contribution in [3.8, 4) is 0 Å². The molecule has 108 valence electrons. The van der Waals surface area contributed by atoms with E-state index < -0.39 is 5.97 Å². The number of carbonyl (C=O) groups is 2.